The Balaban J connectivity index is 1.69. The molecule has 25 heavy (non-hydrogen) atoms. The maximum atomic E-state index is 12.7. The van der Waals surface area contributed by atoms with Gasteiger partial charge in [0.25, 0.3) is 0 Å². The monoisotopic (exact) mass is 353 g/mol. The predicted octanol–water partition coefficient (Wildman–Crippen LogP) is 6.60. The van der Waals surface area contributed by atoms with Crippen LogP contribution in [0, 0.1) is 23.2 Å². The SMILES string of the molecule is N#C/C(F)=C/CCC1CCC(CCc2ccc(C(F)(F)F)cc2)CC1. The van der Waals surface area contributed by atoms with Crippen LogP contribution in [0.25, 0.3) is 0 Å². The van der Waals surface area contributed by atoms with Gasteiger partial charge in [0.2, 0.25) is 0 Å². The molecule has 0 radical (unpaired) electrons. The van der Waals surface area contributed by atoms with Gasteiger partial charge in [-0.15, -0.1) is 0 Å². The summed E-state index contributed by atoms with van der Waals surface area (Å²) in [6, 6.07) is 6.94. The molecule has 0 N–H and O–H groups in total. The van der Waals surface area contributed by atoms with Gasteiger partial charge in [-0.05, 0) is 61.3 Å². The highest BCUT2D eigenvalue weighted by Gasteiger charge is 2.30. The minimum Gasteiger partial charge on any atom is -0.195 e. The lowest BCUT2D eigenvalue weighted by Gasteiger charge is -2.28. The topological polar surface area (TPSA) is 23.8 Å². The molecule has 136 valence electrons. The number of nitriles is 1. The van der Waals surface area contributed by atoms with Crippen molar-refractivity contribution < 1.29 is 17.6 Å². The molecule has 1 aromatic carbocycles. The third kappa shape index (κ3) is 6.53. The molecule has 1 nitrogen and oxygen atoms in total. The number of aryl methyl sites for hydroxylation is 1. The van der Waals surface area contributed by atoms with Crippen molar-refractivity contribution in [2.45, 2.75) is 57.5 Å². The average molecular weight is 353 g/mol. The van der Waals surface area contributed by atoms with Crippen molar-refractivity contribution in [2.24, 2.45) is 11.8 Å². The van der Waals surface area contributed by atoms with Crippen molar-refractivity contribution >= 4 is 0 Å². The molecule has 0 heterocycles. The van der Waals surface area contributed by atoms with Crippen LogP contribution in [0.15, 0.2) is 36.2 Å². The van der Waals surface area contributed by atoms with E-state index >= 15 is 0 Å². The second-order valence-electron chi connectivity index (χ2n) is 6.86. The number of benzene rings is 1. The third-order valence-corrected chi connectivity index (χ3v) is 5.09. The van der Waals surface area contributed by atoms with E-state index in [1.807, 2.05) is 0 Å². The summed E-state index contributed by atoms with van der Waals surface area (Å²) in [6.07, 6.45) is 4.88. The molecule has 0 bridgehead atoms. The van der Waals surface area contributed by atoms with Crippen molar-refractivity contribution in [3.63, 3.8) is 0 Å². The van der Waals surface area contributed by atoms with Crippen LogP contribution < -0.4 is 0 Å². The molecule has 5 heteroatoms. The van der Waals surface area contributed by atoms with Crippen LogP contribution in [0.4, 0.5) is 17.6 Å². The number of allylic oxidation sites excluding steroid dienone is 2. The zero-order chi connectivity index (χ0) is 18.3. The second kappa shape index (κ2) is 9.03. The quantitative estimate of drug-likeness (QED) is 0.417. The first kappa shape index (κ1) is 19.5. The lowest BCUT2D eigenvalue weighted by molar-refractivity contribution is -0.137. The molecule has 0 saturated heterocycles. The molecule has 0 aliphatic heterocycles. The molecule has 1 aromatic rings. The van der Waals surface area contributed by atoms with Gasteiger partial charge in [0.1, 0.15) is 6.07 Å². The predicted molar refractivity (Wildman–Crippen MR) is 89.3 cm³/mol. The van der Waals surface area contributed by atoms with E-state index in [0.29, 0.717) is 18.3 Å². The van der Waals surface area contributed by atoms with Crippen LogP contribution in [0.3, 0.4) is 0 Å². The first-order valence-electron chi connectivity index (χ1n) is 8.80. The van der Waals surface area contributed by atoms with E-state index in [0.717, 1.165) is 62.6 Å². The van der Waals surface area contributed by atoms with Gasteiger partial charge in [-0.3, -0.25) is 0 Å². The summed E-state index contributed by atoms with van der Waals surface area (Å²) in [6.45, 7) is 0. The van der Waals surface area contributed by atoms with Crippen molar-refractivity contribution in [1.29, 1.82) is 5.26 Å². The molecule has 0 spiro atoms. The van der Waals surface area contributed by atoms with Gasteiger partial charge < -0.3 is 0 Å². The standard InChI is InChI=1S/C20H23F4N/c21-19(14-25)3-1-2-15-4-6-16(7-5-15)8-9-17-10-12-18(13-11-17)20(22,23)24/h3,10-13,15-16H,1-2,4-9H2/b19-3-. The molecule has 1 saturated carbocycles. The van der Waals surface area contributed by atoms with Gasteiger partial charge in [-0.1, -0.05) is 37.8 Å². The third-order valence-electron chi connectivity index (χ3n) is 5.09. The zero-order valence-corrected chi connectivity index (χ0v) is 14.2. The highest BCUT2D eigenvalue weighted by molar-refractivity contribution is 5.24. The van der Waals surface area contributed by atoms with Gasteiger partial charge in [0, 0.05) is 0 Å². The van der Waals surface area contributed by atoms with Crippen LogP contribution >= 0.6 is 0 Å². The van der Waals surface area contributed by atoms with Crippen molar-refractivity contribution in [3.05, 3.63) is 47.3 Å². The highest BCUT2D eigenvalue weighted by atomic mass is 19.4. The van der Waals surface area contributed by atoms with E-state index in [2.05, 4.69) is 0 Å². The molecule has 1 aliphatic rings. The Morgan fingerprint density at radius 1 is 1.04 bits per heavy atom. The van der Waals surface area contributed by atoms with Gasteiger partial charge >= 0.3 is 6.18 Å². The van der Waals surface area contributed by atoms with Crippen molar-refractivity contribution in [2.75, 3.05) is 0 Å². The highest BCUT2D eigenvalue weighted by Crippen LogP contribution is 2.34. The normalized spacial score (nSPS) is 21.8. The summed E-state index contributed by atoms with van der Waals surface area (Å²) >= 11 is 0. The fourth-order valence-electron chi connectivity index (χ4n) is 3.53. The Bertz CT molecular complexity index is 602. The van der Waals surface area contributed by atoms with Crippen LogP contribution in [-0.4, -0.2) is 0 Å². The summed E-state index contributed by atoms with van der Waals surface area (Å²) in [7, 11) is 0. The minimum atomic E-state index is -4.28. The number of hydrogen-bond acceptors (Lipinski definition) is 1. The van der Waals surface area contributed by atoms with E-state index in [1.54, 1.807) is 12.1 Å². The van der Waals surface area contributed by atoms with E-state index < -0.39 is 17.6 Å². The number of nitrogens with zero attached hydrogens (tertiary/aromatic N) is 1. The maximum absolute atomic E-state index is 12.7. The largest absolute Gasteiger partial charge is 0.416 e. The van der Waals surface area contributed by atoms with E-state index in [1.165, 1.54) is 12.1 Å². The lowest BCUT2D eigenvalue weighted by Crippen LogP contribution is -2.15. The lowest BCUT2D eigenvalue weighted by atomic mass is 9.78. The smallest absolute Gasteiger partial charge is 0.195 e. The Kier molecular flexibility index (Phi) is 7.04. The molecule has 2 rings (SSSR count). The Morgan fingerprint density at radius 2 is 1.60 bits per heavy atom. The van der Waals surface area contributed by atoms with Gasteiger partial charge in [0.05, 0.1) is 5.56 Å². The number of halogens is 4. The van der Waals surface area contributed by atoms with E-state index in [4.69, 9.17) is 5.26 Å². The van der Waals surface area contributed by atoms with Crippen LogP contribution in [0.2, 0.25) is 0 Å². The Hall–Kier alpha value is -1.83. The van der Waals surface area contributed by atoms with Crippen molar-refractivity contribution in [3.8, 4) is 6.07 Å². The van der Waals surface area contributed by atoms with Crippen LogP contribution in [0.1, 0.15) is 56.1 Å². The second-order valence-corrected chi connectivity index (χ2v) is 6.86. The summed E-state index contributed by atoms with van der Waals surface area (Å²) in [5, 5.41) is 8.37. The average Bonchev–Trinajstić information content (AvgIpc) is 2.60. The Morgan fingerprint density at radius 3 is 2.12 bits per heavy atom. The molecule has 0 unspecified atom stereocenters. The number of rotatable bonds is 6. The summed E-state index contributed by atoms with van der Waals surface area (Å²) in [5.74, 6) is 0.500. The molecule has 0 amide bonds. The molecule has 0 aromatic heterocycles. The number of hydrogen-bond donors (Lipinski definition) is 0. The van der Waals surface area contributed by atoms with Crippen LogP contribution in [0.5, 0.6) is 0 Å². The minimum absolute atomic E-state index is 0.588. The zero-order valence-electron chi connectivity index (χ0n) is 14.2. The summed E-state index contributed by atoms with van der Waals surface area (Å²) in [4.78, 5) is 0. The van der Waals surface area contributed by atoms with Gasteiger partial charge in [-0.2, -0.15) is 22.8 Å². The van der Waals surface area contributed by atoms with Gasteiger partial charge in [0.15, 0.2) is 5.83 Å². The van der Waals surface area contributed by atoms with E-state index in [9.17, 15) is 17.6 Å². The van der Waals surface area contributed by atoms with Gasteiger partial charge in [-0.25, -0.2) is 0 Å². The first-order valence-corrected chi connectivity index (χ1v) is 8.80. The van der Waals surface area contributed by atoms with Crippen LogP contribution in [-0.2, 0) is 12.6 Å². The Labute approximate surface area is 146 Å². The summed E-state index contributed by atoms with van der Waals surface area (Å²) in [5.41, 5.74) is 0.353. The molecule has 1 aliphatic carbocycles. The van der Waals surface area contributed by atoms with E-state index in [-0.39, 0.29) is 0 Å². The fraction of sp³-hybridized carbons (Fsp3) is 0.550. The number of alkyl halides is 3. The maximum Gasteiger partial charge on any atom is 0.416 e. The molecular weight excluding hydrogens is 330 g/mol. The summed E-state index contributed by atoms with van der Waals surface area (Å²) < 4.78 is 50.4. The molecule has 1 fully saturated rings. The molecular formula is C20H23F4N. The first-order chi connectivity index (χ1) is 11.9. The molecule has 0 atom stereocenters. The fourth-order valence-corrected chi connectivity index (χ4v) is 3.53. The van der Waals surface area contributed by atoms with Crippen molar-refractivity contribution in [1.82, 2.24) is 0 Å².